The van der Waals surface area contributed by atoms with Crippen LogP contribution in [0.25, 0.3) is 0 Å². The van der Waals surface area contributed by atoms with Gasteiger partial charge in [-0.05, 0) is 32.0 Å². The second-order valence-electron chi connectivity index (χ2n) is 3.88. The summed E-state index contributed by atoms with van der Waals surface area (Å²) in [6, 6.07) is 2.06. The Hall–Kier alpha value is -1.13. The zero-order chi connectivity index (χ0) is 12.1. The SMILES string of the molecule is CCC(OC)C(NC)c1c(C)ccnc1N. The Labute approximate surface area is 97.2 Å². The molecular weight excluding hydrogens is 202 g/mol. The van der Waals surface area contributed by atoms with Crippen molar-refractivity contribution in [2.24, 2.45) is 0 Å². The molecule has 0 bridgehead atoms. The lowest BCUT2D eigenvalue weighted by Gasteiger charge is -2.27. The van der Waals surface area contributed by atoms with Crippen LogP contribution in [0.3, 0.4) is 0 Å². The molecule has 1 rings (SSSR count). The Morgan fingerprint density at radius 3 is 2.69 bits per heavy atom. The number of hydrogen-bond donors (Lipinski definition) is 2. The van der Waals surface area contributed by atoms with E-state index in [0.29, 0.717) is 5.82 Å². The first-order valence-electron chi connectivity index (χ1n) is 5.56. The normalized spacial score (nSPS) is 14.8. The van der Waals surface area contributed by atoms with E-state index in [9.17, 15) is 0 Å². The third kappa shape index (κ3) is 2.51. The number of nitrogens with zero attached hydrogens (tertiary/aromatic N) is 1. The van der Waals surface area contributed by atoms with E-state index in [1.165, 1.54) is 0 Å². The third-order valence-corrected chi connectivity index (χ3v) is 2.94. The Balaban J connectivity index is 3.12. The van der Waals surface area contributed by atoms with Crippen LogP contribution >= 0.6 is 0 Å². The highest BCUT2D eigenvalue weighted by atomic mass is 16.5. The monoisotopic (exact) mass is 223 g/mol. The van der Waals surface area contributed by atoms with Gasteiger partial charge in [0.05, 0.1) is 12.1 Å². The number of aromatic nitrogens is 1. The van der Waals surface area contributed by atoms with Gasteiger partial charge in [-0.2, -0.15) is 0 Å². The van der Waals surface area contributed by atoms with Gasteiger partial charge in [-0.25, -0.2) is 4.98 Å². The first-order chi connectivity index (χ1) is 7.65. The summed E-state index contributed by atoms with van der Waals surface area (Å²) in [4.78, 5) is 4.14. The van der Waals surface area contributed by atoms with E-state index in [1.54, 1.807) is 13.3 Å². The van der Waals surface area contributed by atoms with Crippen LogP contribution in [0.2, 0.25) is 0 Å². The Bertz CT molecular complexity index is 317. The van der Waals surface area contributed by atoms with Crippen molar-refractivity contribution in [3.05, 3.63) is 23.4 Å². The summed E-state index contributed by atoms with van der Waals surface area (Å²) in [6.07, 6.45) is 2.76. The fourth-order valence-corrected chi connectivity index (χ4v) is 2.05. The zero-order valence-corrected chi connectivity index (χ0v) is 10.4. The van der Waals surface area contributed by atoms with Crippen LogP contribution in [0.5, 0.6) is 0 Å². The summed E-state index contributed by atoms with van der Waals surface area (Å²) < 4.78 is 5.47. The lowest BCUT2D eigenvalue weighted by Crippen LogP contribution is -2.32. The van der Waals surface area contributed by atoms with Crippen molar-refractivity contribution in [1.82, 2.24) is 10.3 Å². The van der Waals surface area contributed by atoms with Gasteiger partial charge in [-0.1, -0.05) is 6.92 Å². The molecule has 0 radical (unpaired) electrons. The summed E-state index contributed by atoms with van der Waals surface area (Å²) in [5.41, 5.74) is 8.12. The standard InChI is InChI=1S/C12H21N3O/c1-5-9(16-4)11(14-3)10-8(2)6-7-15-12(10)13/h6-7,9,11,14H,5H2,1-4H3,(H2,13,15). The lowest BCUT2D eigenvalue weighted by molar-refractivity contribution is 0.0675. The van der Waals surface area contributed by atoms with Gasteiger partial charge in [-0.15, -0.1) is 0 Å². The van der Waals surface area contributed by atoms with E-state index in [4.69, 9.17) is 10.5 Å². The molecule has 1 heterocycles. The lowest BCUT2D eigenvalue weighted by atomic mass is 9.96. The number of likely N-dealkylation sites (N-methyl/N-ethyl adjacent to an activating group) is 1. The van der Waals surface area contributed by atoms with Gasteiger partial charge >= 0.3 is 0 Å². The molecule has 0 aromatic carbocycles. The summed E-state index contributed by atoms with van der Waals surface area (Å²) in [7, 11) is 3.64. The first kappa shape index (κ1) is 12.9. The van der Waals surface area contributed by atoms with Crippen molar-refractivity contribution in [3.63, 3.8) is 0 Å². The second-order valence-corrected chi connectivity index (χ2v) is 3.88. The second kappa shape index (κ2) is 5.82. The number of anilines is 1. The van der Waals surface area contributed by atoms with Crippen LogP contribution in [0.4, 0.5) is 5.82 Å². The van der Waals surface area contributed by atoms with Gasteiger partial charge in [0.15, 0.2) is 0 Å². The maximum atomic E-state index is 5.94. The summed E-state index contributed by atoms with van der Waals surface area (Å²) >= 11 is 0. The molecule has 0 aliphatic carbocycles. The largest absolute Gasteiger partial charge is 0.383 e. The van der Waals surface area contributed by atoms with Crippen molar-refractivity contribution >= 4 is 5.82 Å². The number of nitrogen functional groups attached to an aromatic ring is 1. The molecule has 4 heteroatoms. The smallest absolute Gasteiger partial charge is 0.128 e. The molecule has 0 amide bonds. The average molecular weight is 223 g/mol. The highest BCUT2D eigenvalue weighted by Crippen LogP contribution is 2.27. The van der Waals surface area contributed by atoms with Crippen molar-refractivity contribution in [1.29, 1.82) is 0 Å². The molecule has 1 aromatic rings. The minimum absolute atomic E-state index is 0.0868. The Morgan fingerprint density at radius 2 is 2.25 bits per heavy atom. The number of hydrogen-bond acceptors (Lipinski definition) is 4. The summed E-state index contributed by atoms with van der Waals surface area (Å²) in [5.74, 6) is 0.579. The van der Waals surface area contributed by atoms with Gasteiger partial charge in [0, 0.05) is 18.9 Å². The summed E-state index contributed by atoms with van der Waals surface area (Å²) in [6.45, 7) is 4.14. The number of methoxy groups -OCH3 is 1. The number of nitrogens with two attached hydrogens (primary N) is 1. The van der Waals surface area contributed by atoms with Crippen LogP contribution in [0.15, 0.2) is 12.3 Å². The number of rotatable bonds is 5. The Morgan fingerprint density at radius 1 is 1.56 bits per heavy atom. The Kier molecular flexibility index (Phi) is 4.71. The van der Waals surface area contributed by atoms with Gasteiger partial charge < -0.3 is 15.8 Å². The fourth-order valence-electron chi connectivity index (χ4n) is 2.05. The van der Waals surface area contributed by atoms with E-state index in [-0.39, 0.29) is 12.1 Å². The van der Waals surface area contributed by atoms with Crippen LogP contribution in [-0.4, -0.2) is 25.2 Å². The van der Waals surface area contributed by atoms with Crippen molar-refractivity contribution in [2.45, 2.75) is 32.4 Å². The zero-order valence-electron chi connectivity index (χ0n) is 10.4. The molecule has 0 aliphatic rings. The predicted molar refractivity (Wildman–Crippen MR) is 66.3 cm³/mol. The number of aryl methyl sites for hydroxylation is 1. The van der Waals surface area contributed by atoms with Crippen LogP contribution in [0.1, 0.15) is 30.5 Å². The van der Waals surface area contributed by atoms with Crippen molar-refractivity contribution in [3.8, 4) is 0 Å². The molecule has 1 aromatic heterocycles. The van der Waals surface area contributed by atoms with Gasteiger partial charge in [-0.3, -0.25) is 0 Å². The molecular formula is C12H21N3O. The van der Waals surface area contributed by atoms with Crippen LogP contribution in [0, 0.1) is 6.92 Å². The first-order valence-corrected chi connectivity index (χ1v) is 5.56. The molecule has 4 nitrogen and oxygen atoms in total. The molecule has 0 spiro atoms. The molecule has 3 N–H and O–H groups in total. The minimum Gasteiger partial charge on any atom is -0.383 e. The molecule has 0 saturated heterocycles. The molecule has 16 heavy (non-hydrogen) atoms. The van der Waals surface area contributed by atoms with Gasteiger partial charge in [0.2, 0.25) is 0 Å². The maximum Gasteiger partial charge on any atom is 0.128 e. The highest BCUT2D eigenvalue weighted by Gasteiger charge is 2.23. The number of nitrogens with one attached hydrogen (secondary N) is 1. The predicted octanol–water partition coefficient (Wildman–Crippen LogP) is 1.66. The minimum atomic E-state index is 0.0868. The third-order valence-electron chi connectivity index (χ3n) is 2.94. The quantitative estimate of drug-likeness (QED) is 0.797. The highest BCUT2D eigenvalue weighted by molar-refractivity contribution is 5.46. The van der Waals surface area contributed by atoms with Gasteiger partial charge in [0.1, 0.15) is 5.82 Å². The summed E-state index contributed by atoms with van der Waals surface area (Å²) in [5, 5.41) is 3.26. The molecule has 0 fully saturated rings. The topological polar surface area (TPSA) is 60.2 Å². The maximum absolute atomic E-state index is 5.94. The molecule has 90 valence electrons. The van der Waals surface area contributed by atoms with E-state index in [0.717, 1.165) is 17.5 Å². The molecule has 2 atom stereocenters. The molecule has 2 unspecified atom stereocenters. The average Bonchev–Trinajstić information content (AvgIpc) is 2.28. The molecule has 0 aliphatic heterocycles. The van der Waals surface area contributed by atoms with Gasteiger partial charge in [0.25, 0.3) is 0 Å². The van der Waals surface area contributed by atoms with E-state index in [1.807, 2.05) is 20.0 Å². The van der Waals surface area contributed by atoms with E-state index >= 15 is 0 Å². The van der Waals surface area contributed by atoms with Crippen LogP contribution in [-0.2, 0) is 4.74 Å². The number of ether oxygens (including phenoxy) is 1. The van der Waals surface area contributed by atoms with Crippen LogP contribution < -0.4 is 11.1 Å². The van der Waals surface area contributed by atoms with Crippen molar-refractivity contribution < 1.29 is 4.74 Å². The van der Waals surface area contributed by atoms with E-state index < -0.39 is 0 Å². The van der Waals surface area contributed by atoms with Crippen molar-refractivity contribution in [2.75, 3.05) is 19.9 Å². The number of pyridine rings is 1. The fraction of sp³-hybridized carbons (Fsp3) is 0.583. The van der Waals surface area contributed by atoms with E-state index in [2.05, 4.69) is 17.2 Å². The molecule has 0 saturated carbocycles.